The van der Waals surface area contributed by atoms with E-state index < -0.39 is 0 Å². The van der Waals surface area contributed by atoms with Crippen LogP contribution in [-0.4, -0.2) is 59.3 Å². The number of benzene rings is 2. The second-order valence-electron chi connectivity index (χ2n) is 7.85. The zero-order valence-electron chi connectivity index (χ0n) is 17.8. The molecule has 1 atom stereocenters. The summed E-state index contributed by atoms with van der Waals surface area (Å²) in [5, 5.41) is 3.02. The number of nitrogens with zero attached hydrogens (tertiary/aromatic N) is 1. The molecule has 1 amide bonds. The summed E-state index contributed by atoms with van der Waals surface area (Å²) in [4.78, 5) is 17.6. The van der Waals surface area contributed by atoms with Crippen molar-refractivity contribution in [3.8, 4) is 5.75 Å². The summed E-state index contributed by atoms with van der Waals surface area (Å²) >= 11 is 0. The standard InChI is InChI=1S/C23H32N4O2/c1-4-26-12-14-27(15-13-26)21-10-8-20(9-11-21)24-23(28)18-25(2)17-19-6-5-7-22(16-19)29-3/h5-11,16H,4,12-15,17-18H2,1-3H3,(H,24,28)/p+2. The largest absolute Gasteiger partial charge is 0.497 e. The number of rotatable bonds is 8. The van der Waals surface area contributed by atoms with Gasteiger partial charge < -0.3 is 24.8 Å². The van der Waals surface area contributed by atoms with Crippen LogP contribution in [0.5, 0.6) is 5.75 Å². The quantitative estimate of drug-likeness (QED) is 0.590. The molecule has 29 heavy (non-hydrogen) atoms. The van der Waals surface area contributed by atoms with Crippen LogP contribution < -0.4 is 24.8 Å². The van der Waals surface area contributed by atoms with Crippen LogP contribution in [-0.2, 0) is 11.3 Å². The van der Waals surface area contributed by atoms with Gasteiger partial charge in [-0.05, 0) is 43.3 Å². The van der Waals surface area contributed by atoms with Gasteiger partial charge in [0, 0.05) is 16.9 Å². The van der Waals surface area contributed by atoms with Crippen molar-refractivity contribution in [2.75, 3.05) is 63.6 Å². The molecule has 156 valence electrons. The van der Waals surface area contributed by atoms with Gasteiger partial charge in [0.05, 0.1) is 46.9 Å². The van der Waals surface area contributed by atoms with Crippen LogP contribution in [0.2, 0.25) is 0 Å². The number of likely N-dealkylation sites (N-methyl/N-ethyl adjacent to an activating group) is 2. The SMILES string of the molecule is CC[NH+]1CCN(c2ccc(NC(=O)C[NH+](C)Cc3cccc(OC)c3)cc2)CC1. The molecule has 2 aromatic carbocycles. The van der Waals surface area contributed by atoms with Crippen molar-refractivity contribution in [3.63, 3.8) is 0 Å². The molecular weight excluding hydrogens is 364 g/mol. The summed E-state index contributed by atoms with van der Waals surface area (Å²) in [6.07, 6.45) is 0. The molecule has 3 rings (SSSR count). The fourth-order valence-electron chi connectivity index (χ4n) is 3.86. The van der Waals surface area contributed by atoms with Gasteiger partial charge >= 0.3 is 0 Å². The lowest BCUT2D eigenvalue weighted by Crippen LogP contribution is -3.14. The maximum absolute atomic E-state index is 12.4. The summed E-state index contributed by atoms with van der Waals surface area (Å²) in [6, 6.07) is 16.2. The molecule has 1 aliphatic rings. The Morgan fingerprint density at radius 1 is 1.17 bits per heavy atom. The van der Waals surface area contributed by atoms with Gasteiger partial charge in [0.15, 0.2) is 6.54 Å². The average molecular weight is 399 g/mol. The Kier molecular flexibility index (Phi) is 7.49. The monoisotopic (exact) mass is 398 g/mol. The Balaban J connectivity index is 1.47. The highest BCUT2D eigenvalue weighted by Gasteiger charge is 2.18. The zero-order chi connectivity index (χ0) is 20.6. The van der Waals surface area contributed by atoms with Crippen molar-refractivity contribution >= 4 is 17.3 Å². The van der Waals surface area contributed by atoms with E-state index in [0.29, 0.717) is 6.54 Å². The Labute approximate surface area is 174 Å². The molecule has 0 spiro atoms. The van der Waals surface area contributed by atoms with Gasteiger partial charge in [-0.1, -0.05) is 12.1 Å². The minimum Gasteiger partial charge on any atom is -0.497 e. The van der Waals surface area contributed by atoms with E-state index >= 15 is 0 Å². The third-order valence-electron chi connectivity index (χ3n) is 5.59. The molecule has 1 fully saturated rings. The number of quaternary nitrogens is 2. The fraction of sp³-hybridized carbons (Fsp3) is 0.435. The van der Waals surface area contributed by atoms with Crippen molar-refractivity contribution in [2.45, 2.75) is 13.5 Å². The number of amides is 1. The first-order valence-electron chi connectivity index (χ1n) is 10.5. The van der Waals surface area contributed by atoms with Crippen LogP contribution in [0.1, 0.15) is 12.5 Å². The first-order valence-corrected chi connectivity index (χ1v) is 10.5. The van der Waals surface area contributed by atoms with Gasteiger partial charge in [-0.15, -0.1) is 0 Å². The smallest absolute Gasteiger partial charge is 0.279 e. The summed E-state index contributed by atoms with van der Waals surface area (Å²) in [5.41, 5.74) is 3.24. The number of ether oxygens (including phenoxy) is 1. The molecule has 0 bridgehead atoms. The lowest BCUT2D eigenvalue weighted by molar-refractivity contribution is -0.898. The molecule has 1 unspecified atom stereocenters. The number of hydrogen-bond donors (Lipinski definition) is 3. The van der Waals surface area contributed by atoms with Gasteiger partial charge in [-0.25, -0.2) is 0 Å². The van der Waals surface area contributed by atoms with Crippen LogP contribution in [0.25, 0.3) is 0 Å². The summed E-state index contributed by atoms with van der Waals surface area (Å²) in [6.45, 7) is 9.21. The zero-order valence-corrected chi connectivity index (χ0v) is 17.8. The molecule has 1 heterocycles. The van der Waals surface area contributed by atoms with Crippen molar-refractivity contribution < 1.29 is 19.3 Å². The third kappa shape index (κ3) is 6.21. The first-order chi connectivity index (χ1) is 14.1. The lowest BCUT2D eigenvalue weighted by atomic mass is 10.2. The first kappa shape index (κ1) is 21.1. The predicted octanol–water partition coefficient (Wildman–Crippen LogP) is 0.0734. The van der Waals surface area contributed by atoms with Gasteiger partial charge in [-0.3, -0.25) is 4.79 Å². The number of nitrogens with one attached hydrogen (secondary N) is 3. The van der Waals surface area contributed by atoms with Crippen LogP contribution in [0.15, 0.2) is 48.5 Å². The van der Waals surface area contributed by atoms with Crippen LogP contribution in [0.4, 0.5) is 11.4 Å². The van der Waals surface area contributed by atoms with Gasteiger partial charge in [0.2, 0.25) is 0 Å². The van der Waals surface area contributed by atoms with Crippen molar-refractivity contribution in [3.05, 3.63) is 54.1 Å². The van der Waals surface area contributed by atoms with E-state index in [4.69, 9.17) is 4.74 Å². The number of piperazine rings is 1. The number of carbonyl (C=O) groups excluding carboxylic acids is 1. The number of hydrogen-bond acceptors (Lipinski definition) is 3. The molecule has 0 aliphatic carbocycles. The maximum Gasteiger partial charge on any atom is 0.279 e. The van der Waals surface area contributed by atoms with Gasteiger partial charge in [-0.2, -0.15) is 0 Å². The predicted molar refractivity (Wildman–Crippen MR) is 117 cm³/mol. The van der Waals surface area contributed by atoms with E-state index in [9.17, 15) is 4.79 Å². The van der Waals surface area contributed by atoms with E-state index in [0.717, 1.165) is 41.5 Å². The Bertz CT molecular complexity index is 786. The number of anilines is 2. The summed E-state index contributed by atoms with van der Waals surface area (Å²) in [5.74, 6) is 0.871. The van der Waals surface area contributed by atoms with Gasteiger partial charge in [0.1, 0.15) is 12.3 Å². The second-order valence-corrected chi connectivity index (χ2v) is 7.85. The topological polar surface area (TPSA) is 50.5 Å². The van der Waals surface area contributed by atoms with Gasteiger partial charge in [0.25, 0.3) is 5.91 Å². The summed E-state index contributed by atoms with van der Waals surface area (Å²) < 4.78 is 5.27. The minimum atomic E-state index is 0.0262. The van der Waals surface area contributed by atoms with Crippen LogP contribution in [0.3, 0.4) is 0 Å². The molecule has 0 radical (unpaired) electrons. The summed E-state index contributed by atoms with van der Waals surface area (Å²) in [7, 11) is 3.70. The number of methoxy groups -OCH3 is 1. The van der Waals surface area contributed by atoms with E-state index in [-0.39, 0.29) is 5.91 Å². The number of carbonyl (C=O) groups is 1. The van der Waals surface area contributed by atoms with E-state index in [1.165, 1.54) is 25.3 Å². The van der Waals surface area contributed by atoms with Crippen molar-refractivity contribution in [2.24, 2.45) is 0 Å². The molecule has 3 N–H and O–H groups in total. The van der Waals surface area contributed by atoms with Crippen LogP contribution >= 0.6 is 0 Å². The highest BCUT2D eigenvalue weighted by Crippen LogP contribution is 2.18. The Morgan fingerprint density at radius 3 is 2.55 bits per heavy atom. The fourth-order valence-corrected chi connectivity index (χ4v) is 3.86. The minimum absolute atomic E-state index is 0.0262. The molecule has 6 heteroatoms. The average Bonchev–Trinajstić information content (AvgIpc) is 2.74. The van der Waals surface area contributed by atoms with E-state index in [1.54, 1.807) is 12.0 Å². The molecule has 0 aromatic heterocycles. The van der Waals surface area contributed by atoms with Crippen molar-refractivity contribution in [1.82, 2.24) is 0 Å². The third-order valence-corrected chi connectivity index (χ3v) is 5.59. The second kappa shape index (κ2) is 10.3. The van der Waals surface area contributed by atoms with Crippen molar-refractivity contribution in [1.29, 1.82) is 0 Å². The van der Waals surface area contributed by atoms with E-state index in [1.807, 2.05) is 37.4 Å². The molecule has 2 aromatic rings. The lowest BCUT2D eigenvalue weighted by Gasteiger charge is -2.33. The highest BCUT2D eigenvalue weighted by molar-refractivity contribution is 5.91. The molecular formula is C23H34N4O2+2. The van der Waals surface area contributed by atoms with E-state index in [2.05, 4.69) is 35.3 Å². The highest BCUT2D eigenvalue weighted by atomic mass is 16.5. The molecule has 6 nitrogen and oxygen atoms in total. The Hall–Kier alpha value is -2.57. The van der Waals surface area contributed by atoms with Crippen LogP contribution in [0, 0.1) is 0 Å². The molecule has 1 aliphatic heterocycles. The maximum atomic E-state index is 12.4. The normalized spacial score (nSPS) is 15.8. The molecule has 1 saturated heterocycles. The molecule has 0 saturated carbocycles. The Morgan fingerprint density at radius 2 is 1.90 bits per heavy atom.